The van der Waals surface area contributed by atoms with Gasteiger partial charge in [-0.05, 0) is 0 Å². The van der Waals surface area contributed by atoms with Crippen molar-refractivity contribution in [2.75, 3.05) is 17.2 Å². The van der Waals surface area contributed by atoms with Crippen molar-refractivity contribution in [1.29, 1.82) is 0 Å². The van der Waals surface area contributed by atoms with Crippen molar-refractivity contribution in [3.05, 3.63) is 17.7 Å². The van der Waals surface area contributed by atoms with Crippen LogP contribution in [0.1, 0.15) is 11.1 Å². The molecule has 1 aromatic carbocycles. The van der Waals surface area contributed by atoms with E-state index in [2.05, 4.69) is 6.58 Å². The van der Waals surface area contributed by atoms with Crippen LogP contribution in [0.25, 0.3) is 6.08 Å². The van der Waals surface area contributed by atoms with Crippen molar-refractivity contribution in [1.82, 2.24) is 0 Å². The number of ether oxygens (including phenoxy) is 1. The minimum atomic E-state index is -2.08. The van der Waals surface area contributed by atoms with Crippen LogP contribution >= 0.6 is 0 Å². The third kappa shape index (κ3) is 1.62. The smallest absolute Gasteiger partial charge is 0.248 e. The van der Waals surface area contributed by atoms with Gasteiger partial charge in [0.2, 0.25) is 5.85 Å². The molecule has 1 aromatic rings. The fourth-order valence-corrected chi connectivity index (χ4v) is 2.32. The molecule has 10 nitrogen and oxygen atoms in total. The molecule has 1 aliphatic rings. The van der Waals surface area contributed by atoms with E-state index in [1.54, 1.807) is 0 Å². The topological polar surface area (TPSA) is 243 Å². The van der Waals surface area contributed by atoms with Gasteiger partial charge < -0.3 is 44.9 Å². The van der Waals surface area contributed by atoms with Gasteiger partial charge in [0.15, 0.2) is 11.4 Å². The molecule has 116 valence electrons. The number of rotatable bonds is 1. The highest BCUT2D eigenvalue weighted by molar-refractivity contribution is 5.91. The van der Waals surface area contributed by atoms with Crippen molar-refractivity contribution >= 4 is 23.1 Å². The van der Waals surface area contributed by atoms with E-state index < -0.39 is 17.2 Å². The van der Waals surface area contributed by atoms with Crippen LogP contribution < -0.4 is 56.3 Å². The predicted octanol–water partition coefficient (Wildman–Crippen LogP) is -3.28. The van der Waals surface area contributed by atoms with Gasteiger partial charge in [-0.2, -0.15) is 0 Å². The Bertz CT molecular complexity index is 635. The lowest BCUT2D eigenvalue weighted by atomic mass is 9.79. The first-order valence-electron chi connectivity index (χ1n) is 5.95. The van der Waals surface area contributed by atoms with Crippen LogP contribution in [0.15, 0.2) is 6.58 Å². The molecule has 1 aliphatic heterocycles. The van der Waals surface area contributed by atoms with E-state index in [9.17, 15) is 0 Å². The molecule has 1 heterocycles. The Morgan fingerprint density at radius 3 is 1.86 bits per heavy atom. The van der Waals surface area contributed by atoms with Crippen LogP contribution in [0, 0.1) is 0 Å². The molecule has 0 saturated carbocycles. The molecule has 0 radical (unpaired) electrons. The zero-order chi connectivity index (χ0) is 16.4. The molecule has 2 rings (SSSR count). The van der Waals surface area contributed by atoms with E-state index in [1.165, 1.54) is 6.08 Å². The van der Waals surface area contributed by atoms with E-state index >= 15 is 0 Å². The van der Waals surface area contributed by atoms with E-state index in [4.69, 9.17) is 56.3 Å². The van der Waals surface area contributed by atoms with E-state index in [0.717, 1.165) is 0 Å². The van der Waals surface area contributed by atoms with Gasteiger partial charge in [-0.1, -0.05) is 12.7 Å². The molecule has 0 fully saturated rings. The number of nitrogen functional groups attached to an aromatic ring is 3. The summed E-state index contributed by atoms with van der Waals surface area (Å²) in [6.45, 7) is 3.60. The molecular weight excluding hydrogens is 274 g/mol. The Balaban J connectivity index is 2.95. The minimum Gasteiger partial charge on any atom is -0.454 e. The Labute approximate surface area is 121 Å². The summed E-state index contributed by atoms with van der Waals surface area (Å²) < 4.78 is 5.42. The first-order chi connectivity index (χ1) is 9.40. The highest BCUT2D eigenvalue weighted by atomic mass is 16.5. The second-order valence-electron chi connectivity index (χ2n) is 5.20. The van der Waals surface area contributed by atoms with Crippen LogP contribution in [0.2, 0.25) is 0 Å². The van der Waals surface area contributed by atoms with Gasteiger partial charge in [0.1, 0.15) is 5.66 Å². The van der Waals surface area contributed by atoms with Gasteiger partial charge in [-0.25, -0.2) is 0 Å². The lowest BCUT2D eigenvalue weighted by Crippen LogP contribution is -2.91. The summed E-state index contributed by atoms with van der Waals surface area (Å²) in [5.41, 5.74) is 49.9. The first-order valence-corrected chi connectivity index (χ1v) is 5.95. The molecule has 0 amide bonds. The average molecular weight is 295 g/mol. The minimum absolute atomic E-state index is 0.0156. The van der Waals surface area contributed by atoms with Gasteiger partial charge in [0, 0.05) is 5.56 Å². The van der Waals surface area contributed by atoms with Crippen LogP contribution in [0.3, 0.4) is 0 Å². The molecular formula is C11H21N9O. The zero-order valence-electron chi connectivity index (χ0n) is 11.4. The summed E-state index contributed by atoms with van der Waals surface area (Å²) in [7, 11) is 0. The number of nitrogens with two attached hydrogens (primary N) is 9. The third-order valence-corrected chi connectivity index (χ3v) is 3.83. The van der Waals surface area contributed by atoms with Crippen molar-refractivity contribution < 1.29 is 4.74 Å². The van der Waals surface area contributed by atoms with Crippen molar-refractivity contribution in [2.45, 2.75) is 17.2 Å². The normalized spacial score (nSPS) is 21.2. The zero-order valence-corrected chi connectivity index (χ0v) is 11.4. The fourth-order valence-electron chi connectivity index (χ4n) is 2.32. The maximum atomic E-state index is 6.04. The van der Waals surface area contributed by atoms with Crippen LogP contribution in [-0.4, -0.2) is 11.5 Å². The van der Waals surface area contributed by atoms with Crippen LogP contribution in [-0.2, 0) is 5.66 Å². The molecule has 0 atom stereocenters. The standard InChI is InChI=1S/C11H21N9O/c1-2-3-5(12)7(14)4-8(6(3)13)21-11(19,20)10(17,18)9(4,15)16/h2H,1,12-20H2. The van der Waals surface area contributed by atoms with E-state index in [0.29, 0.717) is 5.56 Å². The van der Waals surface area contributed by atoms with Gasteiger partial charge in [0.25, 0.3) is 0 Å². The second kappa shape index (κ2) is 3.98. The Morgan fingerprint density at radius 2 is 1.38 bits per heavy atom. The summed E-state index contributed by atoms with van der Waals surface area (Å²) in [5, 5.41) is 0. The second-order valence-corrected chi connectivity index (χ2v) is 5.20. The fraction of sp³-hybridized carbons (Fsp3) is 0.273. The SMILES string of the molecule is C=Cc1c(N)c(N)c2c(c1N)OC(N)(N)C(N)(N)C2(N)N. The largest absolute Gasteiger partial charge is 0.454 e. The predicted molar refractivity (Wildman–Crippen MR) is 82.7 cm³/mol. The molecule has 0 unspecified atom stereocenters. The highest BCUT2D eigenvalue weighted by Gasteiger charge is 2.61. The average Bonchev–Trinajstić information content (AvgIpc) is 2.34. The maximum absolute atomic E-state index is 6.04. The number of benzene rings is 1. The van der Waals surface area contributed by atoms with Gasteiger partial charge >= 0.3 is 0 Å². The summed E-state index contributed by atoms with van der Waals surface area (Å²) in [5.74, 6) is -2.10. The van der Waals surface area contributed by atoms with Crippen LogP contribution in [0.4, 0.5) is 17.1 Å². The number of fused-ring (bicyclic) bond motifs is 1. The molecule has 21 heavy (non-hydrogen) atoms. The Hall–Kier alpha value is -2.08. The maximum Gasteiger partial charge on any atom is 0.248 e. The summed E-state index contributed by atoms with van der Waals surface area (Å²) in [4.78, 5) is 0. The van der Waals surface area contributed by atoms with Crippen molar-refractivity contribution in [3.8, 4) is 5.75 Å². The van der Waals surface area contributed by atoms with Gasteiger partial charge in [-0.15, -0.1) is 0 Å². The van der Waals surface area contributed by atoms with Gasteiger partial charge in [-0.3, -0.25) is 11.5 Å². The molecule has 0 spiro atoms. The highest BCUT2D eigenvalue weighted by Crippen LogP contribution is 2.49. The molecule has 0 aliphatic carbocycles. The molecule has 10 heteroatoms. The quantitative estimate of drug-likeness (QED) is 0.184. The third-order valence-electron chi connectivity index (χ3n) is 3.83. The van der Waals surface area contributed by atoms with E-state index in [1.807, 2.05) is 0 Å². The van der Waals surface area contributed by atoms with Crippen molar-refractivity contribution in [2.24, 2.45) is 34.4 Å². The number of anilines is 3. The summed E-state index contributed by atoms with van der Waals surface area (Å²) in [6, 6.07) is 0. The molecule has 18 N–H and O–H groups in total. The van der Waals surface area contributed by atoms with Crippen LogP contribution in [0.5, 0.6) is 5.75 Å². The monoisotopic (exact) mass is 295 g/mol. The molecule has 0 saturated heterocycles. The van der Waals surface area contributed by atoms with Crippen molar-refractivity contribution in [3.63, 3.8) is 0 Å². The number of hydrogen-bond acceptors (Lipinski definition) is 10. The first kappa shape index (κ1) is 15.3. The van der Waals surface area contributed by atoms with E-state index in [-0.39, 0.29) is 28.4 Å². The summed E-state index contributed by atoms with van der Waals surface area (Å²) in [6.07, 6.45) is 1.40. The molecule has 0 bridgehead atoms. The lowest BCUT2D eigenvalue weighted by Gasteiger charge is -2.53. The summed E-state index contributed by atoms with van der Waals surface area (Å²) >= 11 is 0. The Morgan fingerprint density at radius 1 is 0.857 bits per heavy atom. The molecule has 0 aromatic heterocycles. The Kier molecular flexibility index (Phi) is 2.90. The lowest BCUT2D eigenvalue weighted by molar-refractivity contribution is -0.0590. The number of hydrogen-bond donors (Lipinski definition) is 9. The van der Waals surface area contributed by atoms with Gasteiger partial charge in [0.05, 0.1) is 22.6 Å².